The minimum absolute atomic E-state index is 0.0382. The quantitative estimate of drug-likeness (QED) is 0.0313. The van der Waals surface area contributed by atoms with Crippen molar-refractivity contribution in [3.05, 3.63) is 12.2 Å². The molecule has 0 aromatic carbocycles. The summed E-state index contributed by atoms with van der Waals surface area (Å²) in [5.41, 5.74) is 0. The van der Waals surface area contributed by atoms with Gasteiger partial charge in [0, 0.05) is 5.75 Å². The molecular weight excluding hydrogens is 569 g/mol. The maximum atomic E-state index is 12.6. The van der Waals surface area contributed by atoms with Gasteiger partial charge in [-0.1, -0.05) is 193 Å². The van der Waals surface area contributed by atoms with E-state index in [9.17, 15) is 4.79 Å². The van der Waals surface area contributed by atoms with Crippen molar-refractivity contribution in [1.29, 1.82) is 0 Å². The van der Waals surface area contributed by atoms with Crippen LogP contribution >= 0.6 is 12.6 Å². The summed E-state index contributed by atoms with van der Waals surface area (Å²) in [7, 11) is 0. The zero-order chi connectivity index (χ0) is 32.9. The smallest absolute Gasteiger partial charge is 0.306 e. The molecule has 268 valence electrons. The Morgan fingerprint density at radius 2 is 0.867 bits per heavy atom. The number of hydrogen-bond acceptors (Lipinski definition) is 3. The van der Waals surface area contributed by atoms with Gasteiger partial charge in [-0.2, -0.15) is 12.6 Å². The van der Waals surface area contributed by atoms with Gasteiger partial charge in [-0.25, -0.2) is 0 Å². The summed E-state index contributed by atoms with van der Waals surface area (Å²) in [6, 6.07) is 0. The van der Waals surface area contributed by atoms with E-state index in [4.69, 9.17) is 4.74 Å². The number of rotatable bonds is 37. The van der Waals surface area contributed by atoms with Crippen molar-refractivity contribution in [3.8, 4) is 0 Å². The molecule has 0 radical (unpaired) electrons. The summed E-state index contributed by atoms with van der Waals surface area (Å²) >= 11 is 4.31. The Morgan fingerprint density at radius 3 is 1.31 bits per heavy atom. The second-order valence-electron chi connectivity index (χ2n) is 14.2. The van der Waals surface area contributed by atoms with E-state index in [-0.39, 0.29) is 12.1 Å². The fraction of sp³-hybridized carbons (Fsp3) is 0.929. The van der Waals surface area contributed by atoms with Gasteiger partial charge in [0.25, 0.3) is 0 Å². The molecule has 0 aromatic heterocycles. The molecule has 0 rings (SSSR count). The third-order valence-electron chi connectivity index (χ3n) is 9.74. The number of esters is 1. The maximum Gasteiger partial charge on any atom is 0.306 e. The Morgan fingerprint density at radius 1 is 0.489 bits per heavy atom. The molecule has 0 amide bonds. The molecule has 2 unspecified atom stereocenters. The van der Waals surface area contributed by atoms with Gasteiger partial charge in [0.1, 0.15) is 6.10 Å². The zero-order valence-electron chi connectivity index (χ0n) is 31.1. The van der Waals surface area contributed by atoms with Crippen LogP contribution in [0, 0.1) is 5.92 Å². The number of carbonyl (C=O) groups is 1. The lowest BCUT2D eigenvalue weighted by Gasteiger charge is -2.27. The average Bonchev–Trinajstić information content (AvgIpc) is 3.04. The highest BCUT2D eigenvalue weighted by molar-refractivity contribution is 7.80. The summed E-state index contributed by atoms with van der Waals surface area (Å²) in [6.45, 7) is 6.86. The molecule has 3 heteroatoms. The second-order valence-corrected chi connectivity index (χ2v) is 14.6. The largest absolute Gasteiger partial charge is 0.462 e. The van der Waals surface area contributed by atoms with Gasteiger partial charge in [-0.05, 0) is 50.9 Å². The molecule has 0 fully saturated rings. The Balaban J connectivity index is 4.63. The lowest BCUT2D eigenvalue weighted by Crippen LogP contribution is -2.27. The Kier molecular flexibility index (Phi) is 37.6. The highest BCUT2D eigenvalue weighted by Gasteiger charge is 2.24. The molecule has 0 saturated heterocycles. The highest BCUT2D eigenvalue weighted by Crippen LogP contribution is 2.27. The van der Waals surface area contributed by atoms with Crippen LogP contribution in [0.3, 0.4) is 0 Å². The van der Waals surface area contributed by atoms with Crippen molar-refractivity contribution in [1.82, 2.24) is 0 Å². The zero-order valence-corrected chi connectivity index (χ0v) is 32.0. The number of ether oxygens (including phenoxy) is 1. The normalized spacial score (nSPS) is 13.1. The minimum atomic E-state index is -0.0382. The monoisotopic (exact) mass is 651 g/mol. The SMILES string of the molecule is CCCCC/C=C\CCC(CCCCCCCCCCCCCC)C(CCCCCCCCCCCCCC)OC(=O)CCS. The van der Waals surface area contributed by atoms with E-state index in [2.05, 4.69) is 45.6 Å². The van der Waals surface area contributed by atoms with E-state index < -0.39 is 0 Å². The molecule has 0 aliphatic carbocycles. The first-order valence-corrected chi connectivity index (χ1v) is 21.3. The summed E-state index contributed by atoms with van der Waals surface area (Å²) in [6.07, 6.45) is 48.0. The third kappa shape index (κ3) is 33.3. The second kappa shape index (κ2) is 38.0. The van der Waals surface area contributed by atoms with E-state index in [0.29, 0.717) is 18.1 Å². The van der Waals surface area contributed by atoms with Crippen molar-refractivity contribution in [2.75, 3.05) is 5.75 Å². The molecule has 0 N–H and O–H groups in total. The van der Waals surface area contributed by atoms with Crippen LogP contribution in [0.5, 0.6) is 0 Å². The Labute approximate surface area is 289 Å². The molecule has 2 atom stereocenters. The van der Waals surface area contributed by atoms with Crippen molar-refractivity contribution >= 4 is 18.6 Å². The number of carbonyl (C=O) groups excluding carboxylic acids is 1. The molecule has 0 bridgehead atoms. The first-order chi connectivity index (χ1) is 22.2. The van der Waals surface area contributed by atoms with Gasteiger partial charge in [0.05, 0.1) is 6.42 Å². The van der Waals surface area contributed by atoms with Crippen LogP contribution in [-0.2, 0) is 9.53 Å². The van der Waals surface area contributed by atoms with Crippen molar-refractivity contribution in [3.63, 3.8) is 0 Å². The predicted octanol–water partition coefficient (Wildman–Crippen LogP) is 14.9. The van der Waals surface area contributed by atoms with Gasteiger partial charge in [0.2, 0.25) is 0 Å². The molecule has 0 aliphatic rings. The maximum absolute atomic E-state index is 12.6. The number of unbranched alkanes of at least 4 members (excludes halogenated alkanes) is 25. The molecular formula is C42H82O2S. The van der Waals surface area contributed by atoms with Crippen molar-refractivity contribution < 1.29 is 9.53 Å². The van der Waals surface area contributed by atoms with Crippen LogP contribution in [0.25, 0.3) is 0 Å². The first kappa shape index (κ1) is 44.6. The van der Waals surface area contributed by atoms with Crippen LogP contribution < -0.4 is 0 Å². The van der Waals surface area contributed by atoms with E-state index in [1.54, 1.807) is 0 Å². The number of hydrogen-bond donors (Lipinski definition) is 1. The number of allylic oxidation sites excluding steroid dienone is 2. The summed E-state index contributed by atoms with van der Waals surface area (Å²) in [5, 5.41) is 0. The molecule has 0 aliphatic heterocycles. The molecule has 2 nitrogen and oxygen atoms in total. The van der Waals surface area contributed by atoms with Crippen molar-refractivity contribution in [2.24, 2.45) is 5.92 Å². The minimum Gasteiger partial charge on any atom is -0.462 e. The Bertz CT molecular complexity index is 604. The third-order valence-corrected chi connectivity index (χ3v) is 9.96. The van der Waals surface area contributed by atoms with Gasteiger partial charge < -0.3 is 4.74 Å². The number of thiol groups is 1. The molecule has 0 aromatic rings. The first-order valence-electron chi connectivity index (χ1n) is 20.6. The predicted molar refractivity (Wildman–Crippen MR) is 206 cm³/mol. The lowest BCUT2D eigenvalue weighted by atomic mass is 9.87. The molecule has 45 heavy (non-hydrogen) atoms. The van der Waals surface area contributed by atoms with E-state index >= 15 is 0 Å². The molecule has 0 heterocycles. The van der Waals surface area contributed by atoms with Gasteiger partial charge >= 0.3 is 5.97 Å². The van der Waals surface area contributed by atoms with Crippen LogP contribution in [0.4, 0.5) is 0 Å². The van der Waals surface area contributed by atoms with Gasteiger partial charge in [0.15, 0.2) is 0 Å². The average molecular weight is 651 g/mol. The van der Waals surface area contributed by atoms with Crippen molar-refractivity contribution in [2.45, 2.75) is 239 Å². The van der Waals surface area contributed by atoms with Crippen LogP contribution in [0.2, 0.25) is 0 Å². The fourth-order valence-electron chi connectivity index (χ4n) is 6.72. The van der Waals surface area contributed by atoms with Crippen LogP contribution in [0.1, 0.15) is 233 Å². The standard InChI is InChI=1S/C42H82O2S/c1-4-7-10-13-16-18-20-22-24-27-30-33-36-40(35-32-29-26-15-12-9-6-3)41(44-42(43)38-39-45)37-34-31-28-25-23-21-19-17-14-11-8-5-2/h26,29,40-41,45H,4-25,27-28,30-39H2,1-3H3/b29-26-. The van der Waals surface area contributed by atoms with E-state index in [1.807, 2.05) is 0 Å². The van der Waals surface area contributed by atoms with Crippen LogP contribution in [0.15, 0.2) is 12.2 Å². The fourth-order valence-corrected chi connectivity index (χ4v) is 6.90. The molecule has 0 saturated carbocycles. The Hall–Kier alpha value is -0.440. The van der Waals surface area contributed by atoms with Gasteiger partial charge in [-0.15, -0.1) is 0 Å². The topological polar surface area (TPSA) is 26.3 Å². The van der Waals surface area contributed by atoms with Gasteiger partial charge in [-0.3, -0.25) is 4.79 Å². The molecule has 0 spiro atoms. The highest BCUT2D eigenvalue weighted by atomic mass is 32.1. The summed E-state index contributed by atoms with van der Waals surface area (Å²) < 4.78 is 6.21. The summed E-state index contributed by atoms with van der Waals surface area (Å²) in [5.74, 6) is 1.03. The van der Waals surface area contributed by atoms with E-state index in [1.165, 1.54) is 186 Å². The van der Waals surface area contributed by atoms with E-state index in [0.717, 1.165) is 19.3 Å². The summed E-state index contributed by atoms with van der Waals surface area (Å²) in [4.78, 5) is 12.6. The van der Waals surface area contributed by atoms with Crippen LogP contribution in [-0.4, -0.2) is 17.8 Å². The lowest BCUT2D eigenvalue weighted by molar-refractivity contribution is -0.152.